The minimum absolute atomic E-state index is 0.372. The highest BCUT2D eigenvalue weighted by molar-refractivity contribution is 6.32. The molecule has 18 heavy (non-hydrogen) atoms. The lowest BCUT2D eigenvalue weighted by molar-refractivity contribution is -0.139. The maximum atomic E-state index is 11.2. The van der Waals surface area contributed by atoms with Gasteiger partial charge in [-0.3, -0.25) is 9.59 Å². The summed E-state index contributed by atoms with van der Waals surface area (Å²) in [4.78, 5) is 21.6. The van der Waals surface area contributed by atoms with Crippen molar-refractivity contribution in [2.75, 3.05) is 11.9 Å². The molecule has 0 radical (unpaired) electrons. The number of amides is 1. The molecule has 0 saturated heterocycles. The molecule has 1 aromatic carbocycles. The van der Waals surface area contributed by atoms with E-state index in [-0.39, 0.29) is 0 Å². The molecule has 0 saturated carbocycles. The van der Waals surface area contributed by atoms with Gasteiger partial charge in [-0.05, 0) is 24.6 Å². The van der Waals surface area contributed by atoms with Gasteiger partial charge in [0.15, 0.2) is 0 Å². The highest BCUT2D eigenvalue weighted by Crippen LogP contribution is 2.27. The zero-order valence-corrected chi connectivity index (χ0v) is 10.7. The number of carboxylic acid groups (broad SMARTS) is 1. The predicted molar refractivity (Wildman–Crippen MR) is 68.1 cm³/mol. The summed E-state index contributed by atoms with van der Waals surface area (Å²) in [6.07, 6.45) is 0.291. The second-order valence-electron chi connectivity index (χ2n) is 3.61. The van der Waals surface area contributed by atoms with Crippen LogP contribution in [0.3, 0.4) is 0 Å². The zero-order chi connectivity index (χ0) is 13.5. The molecule has 2 N–H and O–H groups in total. The Morgan fingerprint density at radius 2 is 2.17 bits per heavy atom. The first-order valence-corrected chi connectivity index (χ1v) is 5.84. The number of anilines is 1. The van der Waals surface area contributed by atoms with Gasteiger partial charge in [0, 0.05) is 5.69 Å². The Hall–Kier alpha value is -1.75. The number of nitrogens with one attached hydrogen (secondary N) is 1. The lowest BCUT2D eigenvalue weighted by Crippen LogP contribution is -2.15. The van der Waals surface area contributed by atoms with Crippen LogP contribution in [0.15, 0.2) is 18.2 Å². The Morgan fingerprint density at radius 3 is 2.72 bits per heavy atom. The first kappa shape index (κ1) is 14.3. The van der Waals surface area contributed by atoms with Crippen LogP contribution >= 0.6 is 11.6 Å². The molecular formula is C12H14ClNO4. The molecule has 0 aliphatic heterocycles. The van der Waals surface area contributed by atoms with Gasteiger partial charge in [-0.1, -0.05) is 18.5 Å². The van der Waals surface area contributed by atoms with Gasteiger partial charge in [0.25, 0.3) is 0 Å². The second kappa shape index (κ2) is 6.86. The van der Waals surface area contributed by atoms with Gasteiger partial charge < -0.3 is 15.2 Å². The predicted octanol–water partition coefficient (Wildman–Crippen LogP) is 2.54. The molecule has 0 fully saturated rings. The van der Waals surface area contributed by atoms with Crippen LogP contribution < -0.4 is 10.1 Å². The average Bonchev–Trinajstić information content (AvgIpc) is 2.26. The van der Waals surface area contributed by atoms with Crippen molar-refractivity contribution in [3.63, 3.8) is 0 Å². The third-order valence-electron chi connectivity index (χ3n) is 1.99. The number of hydrogen-bond donors (Lipinski definition) is 2. The number of carbonyl (C=O) groups excluding carboxylic acids is 1. The van der Waals surface area contributed by atoms with Crippen LogP contribution in [0, 0.1) is 0 Å². The van der Waals surface area contributed by atoms with E-state index in [4.69, 9.17) is 21.4 Å². The topological polar surface area (TPSA) is 75.6 Å². The highest BCUT2D eigenvalue weighted by atomic mass is 35.5. The van der Waals surface area contributed by atoms with E-state index in [0.717, 1.165) is 6.42 Å². The largest absolute Gasteiger partial charge is 0.492 e. The van der Waals surface area contributed by atoms with Gasteiger partial charge in [-0.2, -0.15) is 0 Å². The van der Waals surface area contributed by atoms with Gasteiger partial charge in [0.1, 0.15) is 12.2 Å². The molecule has 0 spiro atoms. The standard InChI is InChI=1S/C12H14ClNO4/c1-2-5-18-10-4-3-8(6-9(10)13)14-11(15)7-12(16)17/h3-4,6H,2,5,7H2,1H3,(H,14,15)(H,16,17). The molecule has 1 amide bonds. The summed E-state index contributed by atoms with van der Waals surface area (Å²) in [5.74, 6) is -1.24. The lowest BCUT2D eigenvalue weighted by atomic mass is 10.3. The Kier molecular flexibility index (Phi) is 5.45. The molecule has 0 bridgehead atoms. The number of hydrogen-bond acceptors (Lipinski definition) is 3. The minimum atomic E-state index is -1.18. The molecule has 0 heterocycles. The molecule has 0 aromatic heterocycles. The average molecular weight is 272 g/mol. The van der Waals surface area contributed by atoms with E-state index in [0.29, 0.717) is 23.1 Å². The van der Waals surface area contributed by atoms with E-state index >= 15 is 0 Å². The summed E-state index contributed by atoms with van der Waals surface area (Å²) in [6, 6.07) is 4.76. The van der Waals surface area contributed by atoms with Gasteiger partial charge in [-0.25, -0.2) is 0 Å². The van der Waals surface area contributed by atoms with E-state index in [2.05, 4.69) is 5.32 Å². The number of aliphatic carboxylic acids is 1. The molecular weight excluding hydrogens is 258 g/mol. The molecule has 1 aromatic rings. The third-order valence-corrected chi connectivity index (χ3v) is 2.28. The first-order chi connectivity index (χ1) is 8.52. The maximum Gasteiger partial charge on any atom is 0.312 e. The van der Waals surface area contributed by atoms with E-state index in [1.807, 2.05) is 6.92 Å². The smallest absolute Gasteiger partial charge is 0.312 e. The number of carbonyl (C=O) groups is 2. The number of carboxylic acids is 1. The molecule has 1 rings (SSSR count). The van der Waals surface area contributed by atoms with Crippen LogP contribution in [0.25, 0.3) is 0 Å². The van der Waals surface area contributed by atoms with Crippen LogP contribution in [-0.4, -0.2) is 23.6 Å². The second-order valence-corrected chi connectivity index (χ2v) is 4.02. The normalized spacial score (nSPS) is 9.89. The Labute approximate surface area is 110 Å². The monoisotopic (exact) mass is 271 g/mol. The van der Waals surface area contributed by atoms with Crippen LogP contribution in [-0.2, 0) is 9.59 Å². The summed E-state index contributed by atoms with van der Waals surface area (Å²) in [5, 5.41) is 11.3. The SMILES string of the molecule is CCCOc1ccc(NC(=O)CC(=O)O)cc1Cl. The van der Waals surface area contributed by atoms with E-state index in [1.54, 1.807) is 12.1 Å². The van der Waals surface area contributed by atoms with Crippen molar-refractivity contribution in [2.24, 2.45) is 0 Å². The molecule has 5 nitrogen and oxygen atoms in total. The lowest BCUT2D eigenvalue weighted by Gasteiger charge is -2.09. The summed E-state index contributed by atoms with van der Waals surface area (Å²) < 4.78 is 5.37. The van der Waals surface area contributed by atoms with Crippen LogP contribution in [0.5, 0.6) is 5.75 Å². The van der Waals surface area contributed by atoms with Crippen LogP contribution in [0.2, 0.25) is 5.02 Å². The van der Waals surface area contributed by atoms with Gasteiger partial charge in [-0.15, -0.1) is 0 Å². The number of ether oxygens (including phenoxy) is 1. The number of benzene rings is 1. The quantitative estimate of drug-likeness (QED) is 0.780. The molecule has 0 unspecified atom stereocenters. The highest BCUT2D eigenvalue weighted by Gasteiger charge is 2.09. The van der Waals surface area contributed by atoms with Crippen molar-refractivity contribution in [1.82, 2.24) is 0 Å². The summed E-state index contributed by atoms with van der Waals surface area (Å²) in [5.41, 5.74) is 0.440. The van der Waals surface area contributed by atoms with E-state index < -0.39 is 18.3 Å². The fraction of sp³-hybridized carbons (Fsp3) is 0.333. The Balaban J connectivity index is 2.66. The van der Waals surface area contributed by atoms with Gasteiger partial charge in [0.05, 0.1) is 11.6 Å². The summed E-state index contributed by atoms with van der Waals surface area (Å²) in [7, 11) is 0. The van der Waals surface area contributed by atoms with Gasteiger partial charge in [0.2, 0.25) is 5.91 Å². The molecule has 0 aliphatic rings. The van der Waals surface area contributed by atoms with Crippen molar-refractivity contribution < 1.29 is 19.4 Å². The number of rotatable bonds is 6. The van der Waals surface area contributed by atoms with E-state index in [9.17, 15) is 9.59 Å². The van der Waals surface area contributed by atoms with Crippen molar-refractivity contribution >= 4 is 29.2 Å². The molecule has 6 heteroatoms. The molecule has 0 atom stereocenters. The Morgan fingerprint density at radius 1 is 1.44 bits per heavy atom. The van der Waals surface area contributed by atoms with Crippen LogP contribution in [0.1, 0.15) is 19.8 Å². The maximum absolute atomic E-state index is 11.2. The Bertz CT molecular complexity index is 448. The summed E-state index contributed by atoms with van der Waals surface area (Å²) >= 11 is 5.96. The van der Waals surface area contributed by atoms with Crippen molar-refractivity contribution in [3.05, 3.63) is 23.2 Å². The molecule has 0 aliphatic carbocycles. The fourth-order valence-corrected chi connectivity index (χ4v) is 1.49. The fourth-order valence-electron chi connectivity index (χ4n) is 1.25. The zero-order valence-electron chi connectivity index (χ0n) is 9.90. The first-order valence-electron chi connectivity index (χ1n) is 5.47. The van der Waals surface area contributed by atoms with Crippen molar-refractivity contribution in [1.29, 1.82) is 0 Å². The summed E-state index contributed by atoms with van der Waals surface area (Å²) in [6.45, 7) is 2.54. The minimum Gasteiger partial charge on any atom is -0.492 e. The van der Waals surface area contributed by atoms with Crippen molar-refractivity contribution in [2.45, 2.75) is 19.8 Å². The van der Waals surface area contributed by atoms with Crippen molar-refractivity contribution in [3.8, 4) is 5.75 Å². The van der Waals surface area contributed by atoms with Gasteiger partial charge >= 0.3 is 5.97 Å². The van der Waals surface area contributed by atoms with Crippen LogP contribution in [0.4, 0.5) is 5.69 Å². The number of halogens is 1. The molecule has 98 valence electrons. The third kappa shape index (κ3) is 4.63. The van der Waals surface area contributed by atoms with E-state index in [1.165, 1.54) is 6.07 Å².